The Balaban J connectivity index is 1.53. The van der Waals surface area contributed by atoms with Crippen LogP contribution in [0, 0.1) is 12.7 Å². The first-order valence-corrected chi connectivity index (χ1v) is 9.13. The molecule has 2 aliphatic rings. The van der Waals surface area contributed by atoms with Crippen molar-refractivity contribution in [2.75, 3.05) is 6.54 Å². The molecule has 0 saturated carbocycles. The van der Waals surface area contributed by atoms with Gasteiger partial charge in [0.05, 0.1) is 16.6 Å². The minimum atomic E-state index is -0.326. The standard InChI is InChI=1S/C22H16ClFN2O2/c1-13-10-15(11-25-21(13)28-17-8-6-16(24)7-9-17)14(2)26-12-19-18(22(26)27)4-3-5-20(19)23/h4,6-11,14H,12H2,1-2H3. The highest BCUT2D eigenvalue weighted by atomic mass is 35.5. The zero-order valence-corrected chi connectivity index (χ0v) is 16.0. The summed E-state index contributed by atoms with van der Waals surface area (Å²) in [4.78, 5) is 18.9. The van der Waals surface area contributed by atoms with Gasteiger partial charge in [-0.2, -0.15) is 0 Å². The van der Waals surface area contributed by atoms with Crippen LogP contribution in [0.4, 0.5) is 4.39 Å². The fraction of sp³-hybridized carbons (Fsp3) is 0.182. The van der Waals surface area contributed by atoms with Gasteiger partial charge in [0.15, 0.2) is 0 Å². The summed E-state index contributed by atoms with van der Waals surface area (Å²) >= 11 is 6.17. The normalized spacial score (nSPS) is 16.4. The minimum Gasteiger partial charge on any atom is -0.439 e. The van der Waals surface area contributed by atoms with E-state index in [0.29, 0.717) is 28.8 Å². The molecule has 0 spiro atoms. The molecule has 1 amide bonds. The highest BCUT2D eigenvalue weighted by Gasteiger charge is 2.34. The number of rotatable bonds is 4. The summed E-state index contributed by atoms with van der Waals surface area (Å²) in [5.41, 5.74) is 8.62. The smallest absolute Gasteiger partial charge is 0.255 e. The third-order valence-corrected chi connectivity index (χ3v) is 5.16. The number of benzene rings is 1. The van der Waals surface area contributed by atoms with E-state index >= 15 is 0 Å². The monoisotopic (exact) mass is 394 g/mol. The van der Waals surface area contributed by atoms with Crippen LogP contribution >= 0.6 is 11.6 Å². The average molecular weight is 395 g/mol. The van der Waals surface area contributed by atoms with Crippen molar-refractivity contribution >= 4 is 17.5 Å². The van der Waals surface area contributed by atoms with E-state index in [9.17, 15) is 9.18 Å². The van der Waals surface area contributed by atoms with E-state index in [1.165, 1.54) is 12.1 Å². The van der Waals surface area contributed by atoms with E-state index in [0.717, 1.165) is 16.7 Å². The Bertz CT molecular complexity index is 1110. The van der Waals surface area contributed by atoms with Crippen molar-refractivity contribution < 1.29 is 13.9 Å². The Hall–Kier alpha value is -3.10. The predicted molar refractivity (Wildman–Crippen MR) is 104 cm³/mol. The van der Waals surface area contributed by atoms with Crippen molar-refractivity contribution in [3.05, 3.63) is 87.2 Å². The van der Waals surface area contributed by atoms with Crippen molar-refractivity contribution in [1.82, 2.24) is 9.88 Å². The number of carbonyl (C=O) groups excluding carboxylic acids is 1. The van der Waals surface area contributed by atoms with Crippen molar-refractivity contribution in [3.8, 4) is 11.6 Å². The minimum absolute atomic E-state index is 0.0843. The number of ether oxygens (including phenoxy) is 1. The number of hydrogen-bond acceptors (Lipinski definition) is 3. The van der Waals surface area contributed by atoms with E-state index in [-0.39, 0.29) is 17.8 Å². The summed E-state index contributed by atoms with van der Waals surface area (Å²) in [5, 5.41) is 0.429. The summed E-state index contributed by atoms with van der Waals surface area (Å²) in [6, 6.07) is 7.50. The van der Waals surface area contributed by atoms with Crippen LogP contribution in [0.3, 0.4) is 0 Å². The number of pyridine rings is 1. The molecular weight excluding hydrogens is 379 g/mol. The number of halogens is 2. The molecule has 140 valence electrons. The second-order valence-electron chi connectivity index (χ2n) is 6.68. The van der Waals surface area contributed by atoms with Crippen LogP contribution in [0.5, 0.6) is 11.6 Å². The maximum absolute atomic E-state index is 13.0. The maximum atomic E-state index is 13.0. The third-order valence-electron chi connectivity index (χ3n) is 4.84. The quantitative estimate of drug-likeness (QED) is 0.688. The van der Waals surface area contributed by atoms with E-state index in [1.54, 1.807) is 29.3 Å². The van der Waals surface area contributed by atoms with Crippen molar-refractivity contribution in [2.24, 2.45) is 0 Å². The summed E-state index contributed by atoms with van der Waals surface area (Å²) < 4.78 is 18.8. The van der Waals surface area contributed by atoms with Crippen LogP contribution in [-0.2, 0) is 4.79 Å². The topological polar surface area (TPSA) is 42.4 Å². The van der Waals surface area contributed by atoms with Crippen molar-refractivity contribution in [1.29, 1.82) is 0 Å². The summed E-state index contributed by atoms with van der Waals surface area (Å²) in [5.74, 6) is 0.530. The van der Waals surface area contributed by atoms with Crippen LogP contribution in [0.2, 0.25) is 0 Å². The first kappa shape index (κ1) is 18.3. The molecule has 0 radical (unpaired) electrons. The van der Waals surface area contributed by atoms with Gasteiger partial charge in [-0.25, -0.2) is 9.37 Å². The molecule has 0 N–H and O–H groups in total. The van der Waals surface area contributed by atoms with Gasteiger partial charge in [0, 0.05) is 30.0 Å². The Morgan fingerprint density at radius 3 is 2.75 bits per heavy atom. The summed E-state index contributed by atoms with van der Waals surface area (Å²) in [6.07, 6.45) is 3.31. The van der Waals surface area contributed by atoms with Crippen LogP contribution in [0.25, 0.3) is 0 Å². The fourth-order valence-electron chi connectivity index (χ4n) is 3.22. The number of carbonyl (C=O) groups is 1. The highest BCUT2D eigenvalue weighted by molar-refractivity contribution is 6.33. The molecule has 28 heavy (non-hydrogen) atoms. The molecule has 0 fully saturated rings. The predicted octanol–water partition coefficient (Wildman–Crippen LogP) is 4.97. The molecule has 0 saturated heterocycles. The van der Waals surface area contributed by atoms with Crippen LogP contribution < -0.4 is 4.74 Å². The third kappa shape index (κ3) is 3.28. The molecule has 4 nitrogen and oxygen atoms in total. The lowest BCUT2D eigenvalue weighted by molar-refractivity contribution is -0.127. The van der Waals surface area contributed by atoms with Crippen LogP contribution in [-0.4, -0.2) is 22.3 Å². The van der Waals surface area contributed by atoms with E-state index in [4.69, 9.17) is 16.3 Å². The molecule has 1 aromatic heterocycles. The molecule has 1 aromatic carbocycles. The molecule has 0 bridgehead atoms. The first-order chi connectivity index (χ1) is 13.4. The van der Waals surface area contributed by atoms with Gasteiger partial charge >= 0.3 is 0 Å². The molecule has 1 aliphatic heterocycles. The van der Waals surface area contributed by atoms with Gasteiger partial charge in [-0.15, -0.1) is 0 Å². The zero-order valence-electron chi connectivity index (χ0n) is 15.3. The second-order valence-corrected chi connectivity index (χ2v) is 7.05. The van der Waals surface area contributed by atoms with E-state index in [2.05, 4.69) is 16.4 Å². The molecular formula is C22H16ClFN2O2. The molecule has 6 heteroatoms. The lowest BCUT2D eigenvalue weighted by atomic mass is 10.1. The first-order valence-electron chi connectivity index (χ1n) is 8.75. The lowest BCUT2D eigenvalue weighted by Crippen LogP contribution is -2.30. The molecule has 2 heterocycles. The van der Waals surface area contributed by atoms with Crippen LogP contribution in [0.15, 0.2) is 70.2 Å². The van der Waals surface area contributed by atoms with Crippen molar-refractivity contribution in [2.45, 2.75) is 19.9 Å². The lowest BCUT2D eigenvalue weighted by Gasteiger charge is -2.25. The fourth-order valence-corrected chi connectivity index (χ4v) is 3.44. The Labute approximate surface area is 166 Å². The molecule has 1 atom stereocenters. The summed E-state index contributed by atoms with van der Waals surface area (Å²) in [7, 11) is 0. The zero-order chi connectivity index (χ0) is 19.8. The summed E-state index contributed by atoms with van der Waals surface area (Å²) in [6.45, 7) is 4.25. The Morgan fingerprint density at radius 1 is 1.32 bits per heavy atom. The van der Waals surface area contributed by atoms with Gasteiger partial charge in [-0.05, 0) is 55.5 Å². The van der Waals surface area contributed by atoms with Gasteiger partial charge in [-0.3, -0.25) is 4.79 Å². The number of aryl methyl sites for hydroxylation is 1. The largest absolute Gasteiger partial charge is 0.439 e. The average Bonchev–Trinajstić information content (AvgIpc) is 3.03. The maximum Gasteiger partial charge on any atom is 0.255 e. The van der Waals surface area contributed by atoms with Gasteiger partial charge in [0.2, 0.25) is 5.88 Å². The molecule has 1 unspecified atom stereocenters. The molecule has 2 aromatic rings. The number of hydrogen-bond donors (Lipinski definition) is 0. The Morgan fingerprint density at radius 2 is 2.07 bits per heavy atom. The molecule has 1 aliphatic carbocycles. The van der Waals surface area contributed by atoms with E-state index < -0.39 is 0 Å². The van der Waals surface area contributed by atoms with Crippen LogP contribution in [0.1, 0.15) is 24.1 Å². The van der Waals surface area contributed by atoms with Gasteiger partial charge in [-0.1, -0.05) is 17.3 Å². The number of aromatic nitrogens is 1. The van der Waals surface area contributed by atoms with Crippen molar-refractivity contribution in [3.63, 3.8) is 0 Å². The Kier molecular flexibility index (Phi) is 4.66. The van der Waals surface area contributed by atoms with E-state index in [1.807, 2.05) is 19.9 Å². The highest BCUT2D eigenvalue weighted by Crippen LogP contribution is 2.35. The van der Waals surface area contributed by atoms with Gasteiger partial charge in [0.1, 0.15) is 11.6 Å². The van der Waals surface area contributed by atoms with Gasteiger partial charge < -0.3 is 9.64 Å². The molecule has 4 rings (SSSR count). The SMILES string of the molecule is Cc1cc(C(C)N2CC3=C(C=C=C=C3Cl)C2=O)cnc1Oc1ccc(F)cc1. The van der Waals surface area contributed by atoms with Gasteiger partial charge in [0.25, 0.3) is 5.91 Å². The second kappa shape index (κ2) is 7.14. The number of nitrogens with zero attached hydrogens (tertiary/aromatic N) is 2. The number of amides is 1.